The van der Waals surface area contributed by atoms with Crippen LogP contribution in [0.5, 0.6) is 0 Å². The van der Waals surface area contributed by atoms with Crippen LogP contribution < -0.4 is 5.32 Å². The number of H-pyrrole nitrogens is 1. The predicted molar refractivity (Wildman–Crippen MR) is 91.9 cm³/mol. The van der Waals surface area contributed by atoms with Gasteiger partial charge in [0.1, 0.15) is 5.83 Å². The highest BCUT2D eigenvalue weighted by atomic mass is 19.2. The van der Waals surface area contributed by atoms with Crippen LogP contribution >= 0.6 is 0 Å². The summed E-state index contributed by atoms with van der Waals surface area (Å²) in [5, 5.41) is 9.29. The summed E-state index contributed by atoms with van der Waals surface area (Å²) in [6.07, 6.45) is 6.50. The second-order valence-electron chi connectivity index (χ2n) is 6.07. The van der Waals surface area contributed by atoms with Gasteiger partial charge in [-0.15, -0.1) is 0 Å². The fourth-order valence-corrected chi connectivity index (χ4v) is 3.10. The van der Waals surface area contributed by atoms with Crippen molar-refractivity contribution in [2.75, 3.05) is 7.05 Å². The third kappa shape index (κ3) is 3.84. The zero-order valence-electron chi connectivity index (χ0n) is 13.8. The van der Waals surface area contributed by atoms with Gasteiger partial charge in [0, 0.05) is 31.6 Å². The summed E-state index contributed by atoms with van der Waals surface area (Å²) < 4.78 is 27.0. The molecule has 2 N–H and O–H groups in total. The Morgan fingerprint density at radius 2 is 2.08 bits per heavy atom. The lowest BCUT2D eigenvalue weighted by Crippen LogP contribution is -2.24. The Labute approximate surface area is 144 Å². The molecule has 0 radical (unpaired) electrons. The van der Waals surface area contributed by atoms with Crippen molar-refractivity contribution in [2.24, 2.45) is 5.92 Å². The van der Waals surface area contributed by atoms with Crippen molar-refractivity contribution in [1.82, 2.24) is 15.5 Å². The Morgan fingerprint density at radius 3 is 2.68 bits per heavy atom. The van der Waals surface area contributed by atoms with E-state index in [-0.39, 0.29) is 30.6 Å². The molecule has 1 amide bonds. The molecule has 2 unspecified atom stereocenters. The summed E-state index contributed by atoms with van der Waals surface area (Å²) in [6, 6.07) is 7.74. The molecule has 1 aliphatic carbocycles. The number of hydrogen-bond donors (Lipinski definition) is 2. The Bertz CT molecular complexity index is 795. The van der Waals surface area contributed by atoms with Gasteiger partial charge in [-0.05, 0) is 29.0 Å². The van der Waals surface area contributed by atoms with Gasteiger partial charge in [0.05, 0.1) is 6.20 Å². The van der Waals surface area contributed by atoms with E-state index < -0.39 is 11.7 Å². The van der Waals surface area contributed by atoms with Crippen molar-refractivity contribution >= 4 is 5.91 Å². The van der Waals surface area contributed by atoms with Gasteiger partial charge in [-0.2, -0.15) is 5.10 Å². The molecule has 1 heterocycles. The van der Waals surface area contributed by atoms with E-state index in [0.29, 0.717) is 0 Å². The summed E-state index contributed by atoms with van der Waals surface area (Å²) in [7, 11) is 1.57. The highest BCUT2D eigenvalue weighted by molar-refractivity contribution is 5.76. The molecule has 0 spiro atoms. The molecule has 130 valence electrons. The van der Waals surface area contributed by atoms with Crippen molar-refractivity contribution < 1.29 is 13.6 Å². The van der Waals surface area contributed by atoms with Crippen LogP contribution in [-0.4, -0.2) is 23.2 Å². The maximum absolute atomic E-state index is 13.7. The van der Waals surface area contributed by atoms with Crippen LogP contribution in [0.4, 0.5) is 8.78 Å². The lowest BCUT2D eigenvalue weighted by Gasteiger charge is -2.26. The maximum Gasteiger partial charge on any atom is 0.220 e. The smallest absolute Gasteiger partial charge is 0.220 e. The first kappa shape index (κ1) is 17.1. The lowest BCUT2D eigenvalue weighted by molar-refractivity contribution is -0.121. The molecule has 1 aliphatic rings. The number of halogens is 2. The monoisotopic (exact) mass is 343 g/mol. The highest BCUT2D eigenvalue weighted by Gasteiger charge is 2.28. The van der Waals surface area contributed by atoms with Gasteiger partial charge in [-0.3, -0.25) is 9.89 Å². The van der Waals surface area contributed by atoms with Crippen LogP contribution in [0.25, 0.3) is 11.1 Å². The highest BCUT2D eigenvalue weighted by Crippen LogP contribution is 2.38. The number of carbonyl (C=O) groups is 1. The lowest BCUT2D eigenvalue weighted by atomic mass is 9.79. The summed E-state index contributed by atoms with van der Waals surface area (Å²) in [4.78, 5) is 11.9. The second kappa shape index (κ2) is 7.42. The van der Waals surface area contributed by atoms with Crippen molar-refractivity contribution in [3.8, 4) is 11.1 Å². The zero-order chi connectivity index (χ0) is 17.8. The minimum Gasteiger partial charge on any atom is -0.359 e. The third-order valence-electron chi connectivity index (χ3n) is 4.54. The van der Waals surface area contributed by atoms with Crippen molar-refractivity contribution in [1.29, 1.82) is 0 Å². The van der Waals surface area contributed by atoms with Crippen LogP contribution in [0.15, 0.2) is 60.5 Å². The maximum atomic E-state index is 13.7. The van der Waals surface area contributed by atoms with Gasteiger partial charge in [0.2, 0.25) is 5.91 Å². The Morgan fingerprint density at radius 1 is 1.32 bits per heavy atom. The molecule has 6 heteroatoms. The fraction of sp³-hybridized carbons (Fsp3) is 0.263. The first-order valence-corrected chi connectivity index (χ1v) is 8.10. The van der Waals surface area contributed by atoms with Crippen LogP contribution in [0.2, 0.25) is 0 Å². The van der Waals surface area contributed by atoms with Crippen molar-refractivity contribution in [3.63, 3.8) is 0 Å². The molecular weight excluding hydrogens is 324 g/mol. The van der Waals surface area contributed by atoms with Gasteiger partial charge >= 0.3 is 0 Å². The number of rotatable bonds is 5. The molecule has 1 aromatic heterocycles. The summed E-state index contributed by atoms with van der Waals surface area (Å²) in [6.45, 7) is 0. The molecule has 0 saturated heterocycles. The average Bonchev–Trinajstić information content (AvgIpc) is 3.17. The molecule has 1 aromatic carbocycles. The van der Waals surface area contributed by atoms with E-state index in [9.17, 15) is 13.6 Å². The number of nitrogens with one attached hydrogen (secondary N) is 2. The number of carbonyl (C=O) groups excluding carboxylic acids is 1. The van der Waals surface area contributed by atoms with Gasteiger partial charge in [0.15, 0.2) is 5.83 Å². The van der Waals surface area contributed by atoms with Crippen molar-refractivity contribution in [2.45, 2.75) is 18.8 Å². The quantitative estimate of drug-likeness (QED) is 0.861. The number of allylic oxidation sites excluding steroid dienone is 4. The number of aromatic amines is 1. The first-order valence-electron chi connectivity index (χ1n) is 8.10. The Balaban J connectivity index is 1.87. The summed E-state index contributed by atoms with van der Waals surface area (Å²) in [5.41, 5.74) is 2.87. The number of hydrogen-bond acceptors (Lipinski definition) is 2. The van der Waals surface area contributed by atoms with Crippen LogP contribution in [0.3, 0.4) is 0 Å². The van der Waals surface area contributed by atoms with Crippen LogP contribution in [0.1, 0.15) is 24.3 Å². The van der Waals surface area contributed by atoms with Crippen molar-refractivity contribution in [3.05, 3.63) is 66.0 Å². The topological polar surface area (TPSA) is 57.8 Å². The molecule has 0 saturated carbocycles. The zero-order valence-corrected chi connectivity index (χ0v) is 13.8. The second-order valence-corrected chi connectivity index (χ2v) is 6.07. The normalized spacial score (nSPS) is 18.3. The SMILES string of the molecule is CNC(=O)CC(c1ccc(-c2cn[nH]c2)cc1)C1C=CC(F)=C(F)C1. The standard InChI is InChI=1S/C19H19F2N3O/c1-22-19(25)9-16(14-6-7-17(20)18(21)8-14)13-4-2-12(3-5-13)15-10-23-24-11-15/h2-7,10-11,14,16H,8-9H2,1H3,(H,22,25)(H,23,24). The molecule has 2 atom stereocenters. The number of benzene rings is 1. The van der Waals surface area contributed by atoms with Crippen LogP contribution in [0, 0.1) is 5.92 Å². The average molecular weight is 343 g/mol. The minimum absolute atomic E-state index is 0.0342. The largest absolute Gasteiger partial charge is 0.359 e. The van der Waals surface area contributed by atoms with E-state index in [1.165, 1.54) is 0 Å². The van der Waals surface area contributed by atoms with Gasteiger partial charge < -0.3 is 5.32 Å². The van der Waals surface area contributed by atoms with E-state index in [2.05, 4.69) is 15.5 Å². The van der Waals surface area contributed by atoms with E-state index in [0.717, 1.165) is 22.8 Å². The van der Waals surface area contributed by atoms with E-state index in [1.54, 1.807) is 25.5 Å². The summed E-state index contributed by atoms with van der Waals surface area (Å²) >= 11 is 0. The minimum atomic E-state index is -0.828. The van der Waals surface area contributed by atoms with Gasteiger partial charge in [0.25, 0.3) is 0 Å². The van der Waals surface area contributed by atoms with E-state index in [4.69, 9.17) is 0 Å². The molecule has 4 nitrogen and oxygen atoms in total. The molecule has 2 aromatic rings. The molecular formula is C19H19F2N3O. The van der Waals surface area contributed by atoms with E-state index >= 15 is 0 Å². The number of nitrogens with zero attached hydrogens (tertiary/aromatic N) is 1. The Hall–Kier alpha value is -2.76. The molecule has 0 aliphatic heterocycles. The Kier molecular flexibility index (Phi) is 5.07. The van der Waals surface area contributed by atoms with E-state index in [1.807, 2.05) is 24.3 Å². The molecule has 3 rings (SSSR count). The number of amides is 1. The first-order chi connectivity index (χ1) is 12.1. The number of aromatic nitrogens is 2. The van der Waals surface area contributed by atoms with Gasteiger partial charge in [-0.25, -0.2) is 8.78 Å². The van der Waals surface area contributed by atoms with Crippen LogP contribution in [-0.2, 0) is 4.79 Å². The molecule has 0 fully saturated rings. The van der Waals surface area contributed by atoms with Gasteiger partial charge in [-0.1, -0.05) is 30.3 Å². The third-order valence-corrected chi connectivity index (χ3v) is 4.54. The predicted octanol–water partition coefficient (Wildman–Crippen LogP) is 4.02. The summed E-state index contributed by atoms with van der Waals surface area (Å²) in [5.74, 6) is -2.22. The molecule has 0 bridgehead atoms. The fourth-order valence-electron chi connectivity index (χ4n) is 3.10. The molecule has 25 heavy (non-hydrogen) atoms.